The number of halogens is 1. The summed E-state index contributed by atoms with van der Waals surface area (Å²) in [5.74, 6) is 0.949. The Kier molecular flexibility index (Phi) is 6.55. The van der Waals surface area contributed by atoms with Crippen LogP contribution in [0, 0.1) is 0 Å². The van der Waals surface area contributed by atoms with Crippen molar-refractivity contribution in [1.29, 1.82) is 0 Å². The Hall–Kier alpha value is -0.580. The van der Waals surface area contributed by atoms with E-state index in [-0.39, 0.29) is 6.10 Å². The normalized spacial score (nSPS) is 12.9. The lowest BCUT2D eigenvalue weighted by atomic mass is 10.2. The molecule has 0 aromatic carbocycles. The van der Waals surface area contributed by atoms with Crippen molar-refractivity contribution in [1.82, 2.24) is 15.3 Å². The maximum atomic E-state index is 9.41. The lowest BCUT2D eigenvalue weighted by Gasteiger charge is -2.08. The molecular weight excluding hydrogens is 238 g/mol. The topological polar surface area (TPSA) is 60.9 Å². The molecule has 0 radical (unpaired) electrons. The van der Waals surface area contributed by atoms with Crippen LogP contribution in [-0.4, -0.2) is 27.7 Å². The largest absolute Gasteiger partial charge is 0.392 e. The van der Waals surface area contributed by atoms with E-state index in [1.807, 2.05) is 6.92 Å². The van der Waals surface area contributed by atoms with Gasteiger partial charge in [-0.1, -0.05) is 31.9 Å². The fraction of sp³-hybridized carbons (Fsp3) is 0.750. The monoisotopic (exact) mass is 259 g/mol. The van der Waals surface area contributed by atoms with Crippen LogP contribution in [0.25, 0.3) is 0 Å². The number of aliphatic hydroxyl groups is 1. The summed E-state index contributed by atoms with van der Waals surface area (Å²) in [7, 11) is 0. The molecule has 1 unspecified atom stereocenters. The number of rotatable bonds is 8. The molecular formula is C12H22ClN3O. The van der Waals surface area contributed by atoms with E-state index in [0.717, 1.165) is 37.2 Å². The standard InChI is InChI=1S/C12H22ClN3O/c1-3-5-6-11-15-10(12(13)16-11)8-14-7-9(17)4-2/h9,14,17H,3-8H2,1-2H3,(H,15,16). The van der Waals surface area contributed by atoms with Gasteiger partial charge in [-0.2, -0.15) is 0 Å². The van der Waals surface area contributed by atoms with Crippen molar-refractivity contribution in [3.05, 3.63) is 16.7 Å². The van der Waals surface area contributed by atoms with Gasteiger partial charge in [0.2, 0.25) is 0 Å². The van der Waals surface area contributed by atoms with Gasteiger partial charge in [-0.15, -0.1) is 0 Å². The SMILES string of the molecule is CCCCc1nc(Cl)c(CNCC(O)CC)[nH]1. The number of nitrogens with zero attached hydrogens (tertiary/aromatic N) is 1. The van der Waals surface area contributed by atoms with Gasteiger partial charge >= 0.3 is 0 Å². The summed E-state index contributed by atoms with van der Waals surface area (Å²) in [5.41, 5.74) is 0.904. The van der Waals surface area contributed by atoms with Crippen molar-refractivity contribution in [2.24, 2.45) is 0 Å². The number of imidazole rings is 1. The van der Waals surface area contributed by atoms with Crippen molar-refractivity contribution in [2.45, 2.75) is 52.2 Å². The molecule has 1 aromatic heterocycles. The molecule has 0 aliphatic carbocycles. The smallest absolute Gasteiger partial charge is 0.151 e. The van der Waals surface area contributed by atoms with Gasteiger partial charge in [-0.3, -0.25) is 0 Å². The molecule has 0 bridgehead atoms. The van der Waals surface area contributed by atoms with Crippen molar-refractivity contribution < 1.29 is 5.11 Å². The molecule has 0 saturated heterocycles. The summed E-state index contributed by atoms with van der Waals surface area (Å²) in [6, 6.07) is 0. The molecule has 0 saturated carbocycles. The van der Waals surface area contributed by atoms with Gasteiger partial charge in [0, 0.05) is 19.5 Å². The van der Waals surface area contributed by atoms with E-state index in [9.17, 15) is 5.11 Å². The number of H-pyrrole nitrogens is 1. The second-order valence-corrected chi connectivity index (χ2v) is 4.61. The average Bonchev–Trinajstić information content (AvgIpc) is 2.67. The van der Waals surface area contributed by atoms with Crippen LogP contribution in [0.1, 0.15) is 44.6 Å². The van der Waals surface area contributed by atoms with Gasteiger partial charge in [0.25, 0.3) is 0 Å². The predicted molar refractivity (Wildman–Crippen MR) is 70.2 cm³/mol. The highest BCUT2D eigenvalue weighted by molar-refractivity contribution is 6.30. The number of hydrogen-bond donors (Lipinski definition) is 3. The first-order valence-electron chi connectivity index (χ1n) is 6.29. The Morgan fingerprint density at radius 1 is 1.47 bits per heavy atom. The summed E-state index contributed by atoms with van der Waals surface area (Å²) >= 11 is 6.03. The number of aryl methyl sites for hydroxylation is 1. The number of aromatic nitrogens is 2. The number of aromatic amines is 1. The third kappa shape index (κ3) is 5.06. The summed E-state index contributed by atoms with van der Waals surface area (Å²) in [4.78, 5) is 7.49. The molecule has 1 heterocycles. The predicted octanol–water partition coefficient (Wildman–Crippen LogP) is 2.27. The van der Waals surface area contributed by atoms with Crippen molar-refractivity contribution in [3.8, 4) is 0 Å². The quantitative estimate of drug-likeness (QED) is 0.671. The van der Waals surface area contributed by atoms with Crippen molar-refractivity contribution >= 4 is 11.6 Å². The van der Waals surface area contributed by atoms with Crippen LogP contribution < -0.4 is 5.32 Å². The average molecular weight is 260 g/mol. The van der Waals surface area contributed by atoms with Crippen LogP contribution in [0.5, 0.6) is 0 Å². The second kappa shape index (κ2) is 7.69. The van der Waals surface area contributed by atoms with E-state index in [0.29, 0.717) is 18.2 Å². The summed E-state index contributed by atoms with van der Waals surface area (Å²) in [5, 5.41) is 13.1. The molecule has 4 nitrogen and oxygen atoms in total. The Balaban J connectivity index is 2.39. The molecule has 17 heavy (non-hydrogen) atoms. The van der Waals surface area contributed by atoms with Crippen LogP contribution in [-0.2, 0) is 13.0 Å². The minimum absolute atomic E-state index is 0.295. The maximum Gasteiger partial charge on any atom is 0.151 e. The van der Waals surface area contributed by atoms with Crippen molar-refractivity contribution in [3.63, 3.8) is 0 Å². The maximum absolute atomic E-state index is 9.41. The first-order chi connectivity index (χ1) is 8.17. The molecule has 1 aromatic rings. The van der Waals surface area contributed by atoms with Crippen LogP contribution in [0.4, 0.5) is 0 Å². The molecule has 0 fully saturated rings. The fourth-order valence-electron chi connectivity index (χ4n) is 1.53. The highest BCUT2D eigenvalue weighted by Gasteiger charge is 2.08. The van der Waals surface area contributed by atoms with Crippen LogP contribution >= 0.6 is 11.6 Å². The lowest BCUT2D eigenvalue weighted by molar-refractivity contribution is 0.167. The summed E-state index contributed by atoms with van der Waals surface area (Å²) in [6.45, 7) is 5.31. The van der Waals surface area contributed by atoms with Crippen LogP contribution in [0.3, 0.4) is 0 Å². The minimum Gasteiger partial charge on any atom is -0.392 e. The van der Waals surface area contributed by atoms with Crippen molar-refractivity contribution in [2.75, 3.05) is 6.54 Å². The first kappa shape index (κ1) is 14.5. The van der Waals surface area contributed by atoms with Gasteiger partial charge in [-0.05, 0) is 12.8 Å². The highest BCUT2D eigenvalue weighted by Crippen LogP contribution is 2.13. The number of unbranched alkanes of at least 4 members (excludes halogenated alkanes) is 1. The third-order valence-corrected chi connectivity index (χ3v) is 3.01. The number of nitrogens with one attached hydrogen (secondary N) is 2. The summed E-state index contributed by atoms with van der Waals surface area (Å²) in [6.07, 6.45) is 3.66. The molecule has 0 aliphatic heterocycles. The van der Waals surface area contributed by atoms with Gasteiger partial charge in [0.05, 0.1) is 11.8 Å². The molecule has 0 aliphatic rings. The second-order valence-electron chi connectivity index (χ2n) is 4.25. The lowest BCUT2D eigenvalue weighted by Crippen LogP contribution is -2.25. The fourth-order valence-corrected chi connectivity index (χ4v) is 1.74. The van der Waals surface area contributed by atoms with E-state index in [2.05, 4.69) is 22.2 Å². The van der Waals surface area contributed by atoms with Gasteiger partial charge in [0.1, 0.15) is 5.82 Å². The molecule has 1 atom stereocenters. The van der Waals surface area contributed by atoms with Gasteiger partial charge in [-0.25, -0.2) is 4.98 Å². The van der Waals surface area contributed by atoms with E-state index in [1.54, 1.807) is 0 Å². The number of hydrogen-bond acceptors (Lipinski definition) is 3. The van der Waals surface area contributed by atoms with E-state index in [1.165, 1.54) is 0 Å². The molecule has 1 rings (SSSR count). The molecule has 0 spiro atoms. The number of aliphatic hydroxyl groups excluding tert-OH is 1. The van der Waals surface area contributed by atoms with Crippen LogP contribution in [0.15, 0.2) is 0 Å². The zero-order chi connectivity index (χ0) is 12.7. The zero-order valence-electron chi connectivity index (χ0n) is 10.6. The van der Waals surface area contributed by atoms with Crippen LogP contribution in [0.2, 0.25) is 5.15 Å². The summed E-state index contributed by atoms with van der Waals surface area (Å²) < 4.78 is 0. The molecule has 0 amide bonds. The third-order valence-electron chi connectivity index (χ3n) is 2.70. The Labute approximate surface area is 108 Å². The van der Waals surface area contributed by atoms with Gasteiger partial charge < -0.3 is 15.4 Å². The highest BCUT2D eigenvalue weighted by atomic mass is 35.5. The molecule has 3 N–H and O–H groups in total. The van der Waals surface area contributed by atoms with E-state index < -0.39 is 0 Å². The minimum atomic E-state index is -0.295. The Morgan fingerprint density at radius 3 is 2.88 bits per heavy atom. The molecule has 5 heteroatoms. The Morgan fingerprint density at radius 2 is 2.24 bits per heavy atom. The Bertz CT molecular complexity index is 328. The zero-order valence-corrected chi connectivity index (χ0v) is 11.3. The first-order valence-corrected chi connectivity index (χ1v) is 6.67. The van der Waals surface area contributed by atoms with E-state index >= 15 is 0 Å². The van der Waals surface area contributed by atoms with E-state index in [4.69, 9.17) is 11.6 Å². The van der Waals surface area contributed by atoms with Gasteiger partial charge in [0.15, 0.2) is 5.15 Å². The molecule has 98 valence electrons.